The molecular formula is C17H25N5O3. The number of urea groups is 1. The predicted molar refractivity (Wildman–Crippen MR) is 90.3 cm³/mol. The van der Waals surface area contributed by atoms with Crippen LogP contribution in [0, 0.1) is 19.8 Å². The molecule has 2 heterocycles. The van der Waals surface area contributed by atoms with Crippen LogP contribution < -0.4 is 10.7 Å². The number of carbonyl (C=O) groups excluding carboxylic acids is 3. The third-order valence-corrected chi connectivity index (χ3v) is 5.52. The molecule has 0 atom stereocenters. The quantitative estimate of drug-likeness (QED) is 0.801. The van der Waals surface area contributed by atoms with Gasteiger partial charge in [-0.3, -0.25) is 19.7 Å². The van der Waals surface area contributed by atoms with Crippen LogP contribution >= 0.6 is 0 Å². The van der Waals surface area contributed by atoms with Crippen molar-refractivity contribution in [1.82, 2.24) is 25.5 Å². The molecule has 8 heteroatoms. The second-order valence-corrected chi connectivity index (χ2v) is 7.32. The smallest absolute Gasteiger partial charge is 0.322 e. The number of nitrogens with one attached hydrogen (secondary N) is 2. The first kappa shape index (κ1) is 17.4. The number of imide groups is 1. The summed E-state index contributed by atoms with van der Waals surface area (Å²) in [5, 5.41) is 7.92. The van der Waals surface area contributed by atoms with Crippen molar-refractivity contribution in [3.8, 4) is 0 Å². The van der Waals surface area contributed by atoms with Crippen LogP contribution in [0.2, 0.25) is 0 Å². The van der Waals surface area contributed by atoms with Crippen molar-refractivity contribution in [1.29, 1.82) is 0 Å². The summed E-state index contributed by atoms with van der Waals surface area (Å²) in [5.41, 5.74) is 4.09. The second kappa shape index (κ2) is 6.16. The number of hydrazine groups is 1. The maximum atomic E-state index is 12.7. The Balaban J connectivity index is 1.69. The SMILES string of the molecule is Cc1nn(C)c(C)c1CC(=O)NN1C(=O)NC2(CCC(C)CC2)C1=O. The van der Waals surface area contributed by atoms with Gasteiger partial charge in [0.05, 0.1) is 12.1 Å². The Labute approximate surface area is 146 Å². The summed E-state index contributed by atoms with van der Waals surface area (Å²) in [6.45, 7) is 5.86. The molecule has 8 nitrogen and oxygen atoms in total. The fourth-order valence-electron chi connectivity index (χ4n) is 3.71. The Morgan fingerprint density at radius 1 is 1.32 bits per heavy atom. The van der Waals surface area contributed by atoms with Crippen molar-refractivity contribution in [3.63, 3.8) is 0 Å². The zero-order valence-electron chi connectivity index (χ0n) is 15.2. The van der Waals surface area contributed by atoms with E-state index in [1.807, 2.05) is 20.9 Å². The number of amides is 4. The van der Waals surface area contributed by atoms with Crippen molar-refractivity contribution in [2.75, 3.05) is 0 Å². The Kier molecular flexibility index (Phi) is 4.30. The molecule has 1 aliphatic carbocycles. The normalized spacial score (nSPS) is 26.2. The van der Waals surface area contributed by atoms with Gasteiger partial charge in [-0.25, -0.2) is 4.79 Å². The van der Waals surface area contributed by atoms with Crippen LogP contribution in [-0.2, 0) is 23.1 Å². The lowest BCUT2D eigenvalue weighted by atomic mass is 9.77. The van der Waals surface area contributed by atoms with Gasteiger partial charge in [0.15, 0.2) is 0 Å². The maximum Gasteiger partial charge on any atom is 0.344 e. The molecule has 25 heavy (non-hydrogen) atoms. The molecule has 1 spiro atoms. The van der Waals surface area contributed by atoms with Crippen LogP contribution in [0.15, 0.2) is 0 Å². The van der Waals surface area contributed by atoms with E-state index >= 15 is 0 Å². The number of aryl methyl sites for hydroxylation is 2. The number of hydrogen-bond donors (Lipinski definition) is 2. The lowest BCUT2D eigenvalue weighted by molar-refractivity contribution is -0.139. The molecule has 0 unspecified atom stereocenters. The monoisotopic (exact) mass is 347 g/mol. The minimum Gasteiger partial charge on any atom is -0.322 e. The number of hydrogen-bond acceptors (Lipinski definition) is 4. The van der Waals surface area contributed by atoms with E-state index in [0.29, 0.717) is 18.8 Å². The highest BCUT2D eigenvalue weighted by atomic mass is 16.2. The van der Waals surface area contributed by atoms with Gasteiger partial charge in [-0.1, -0.05) is 6.92 Å². The standard InChI is InChI=1S/C17H25N5O3/c1-10-5-7-17(8-6-10)15(24)22(16(25)18-17)20-14(23)9-13-11(2)19-21(4)12(13)3/h10H,5-9H2,1-4H3,(H,18,25)(H,20,23). The van der Waals surface area contributed by atoms with E-state index in [2.05, 4.69) is 22.8 Å². The average Bonchev–Trinajstić information content (AvgIpc) is 2.93. The van der Waals surface area contributed by atoms with E-state index in [4.69, 9.17) is 0 Å². The van der Waals surface area contributed by atoms with E-state index in [-0.39, 0.29) is 12.3 Å². The van der Waals surface area contributed by atoms with E-state index in [1.165, 1.54) is 0 Å². The molecule has 1 aromatic rings. The fraction of sp³-hybridized carbons (Fsp3) is 0.647. The summed E-state index contributed by atoms with van der Waals surface area (Å²) in [6, 6.07) is -0.549. The predicted octanol–water partition coefficient (Wildman–Crippen LogP) is 1.11. The molecule has 1 saturated carbocycles. The van der Waals surface area contributed by atoms with Crippen molar-refractivity contribution in [2.45, 2.75) is 58.4 Å². The molecule has 0 aromatic carbocycles. The topological polar surface area (TPSA) is 96.3 Å². The van der Waals surface area contributed by atoms with Gasteiger partial charge in [0.2, 0.25) is 5.91 Å². The van der Waals surface area contributed by atoms with E-state index in [9.17, 15) is 14.4 Å². The van der Waals surface area contributed by atoms with Gasteiger partial charge in [0, 0.05) is 18.3 Å². The Morgan fingerprint density at radius 2 is 1.96 bits per heavy atom. The number of aromatic nitrogens is 2. The summed E-state index contributed by atoms with van der Waals surface area (Å²) in [6.07, 6.45) is 3.09. The Bertz CT molecular complexity index is 731. The fourth-order valence-corrected chi connectivity index (χ4v) is 3.71. The van der Waals surface area contributed by atoms with Gasteiger partial charge < -0.3 is 5.32 Å². The van der Waals surface area contributed by atoms with Crippen molar-refractivity contribution >= 4 is 17.8 Å². The zero-order chi connectivity index (χ0) is 18.4. The third kappa shape index (κ3) is 3.01. The first-order valence-corrected chi connectivity index (χ1v) is 8.69. The van der Waals surface area contributed by atoms with Crippen LogP contribution in [0.3, 0.4) is 0 Å². The van der Waals surface area contributed by atoms with Crippen molar-refractivity contribution < 1.29 is 14.4 Å². The van der Waals surface area contributed by atoms with Crippen LogP contribution in [0.25, 0.3) is 0 Å². The summed E-state index contributed by atoms with van der Waals surface area (Å²) in [7, 11) is 1.81. The average molecular weight is 347 g/mol. The second-order valence-electron chi connectivity index (χ2n) is 7.32. The molecule has 0 radical (unpaired) electrons. The lowest BCUT2D eigenvalue weighted by Crippen LogP contribution is -2.51. The molecule has 1 aliphatic heterocycles. The number of nitrogens with zero attached hydrogens (tertiary/aromatic N) is 3. The maximum absolute atomic E-state index is 12.7. The van der Waals surface area contributed by atoms with Crippen molar-refractivity contribution in [3.05, 3.63) is 17.0 Å². The summed E-state index contributed by atoms with van der Waals surface area (Å²) in [4.78, 5) is 37.3. The lowest BCUT2D eigenvalue weighted by Gasteiger charge is -2.33. The molecule has 4 amide bonds. The highest BCUT2D eigenvalue weighted by Crippen LogP contribution is 2.35. The first-order valence-electron chi connectivity index (χ1n) is 8.69. The van der Waals surface area contributed by atoms with Crippen LogP contribution in [0.5, 0.6) is 0 Å². The Hall–Kier alpha value is -2.38. The summed E-state index contributed by atoms with van der Waals surface area (Å²) in [5.74, 6) is -0.197. The third-order valence-electron chi connectivity index (χ3n) is 5.52. The largest absolute Gasteiger partial charge is 0.344 e. The highest BCUT2D eigenvalue weighted by Gasteiger charge is 2.52. The number of rotatable bonds is 3. The molecular weight excluding hydrogens is 322 g/mol. The van der Waals surface area contributed by atoms with E-state index < -0.39 is 17.5 Å². The molecule has 1 aromatic heterocycles. The zero-order valence-corrected chi connectivity index (χ0v) is 15.2. The minimum absolute atomic E-state index is 0.0760. The first-order chi connectivity index (χ1) is 11.7. The van der Waals surface area contributed by atoms with Crippen molar-refractivity contribution in [2.24, 2.45) is 13.0 Å². The molecule has 1 saturated heterocycles. The van der Waals surface area contributed by atoms with Gasteiger partial charge >= 0.3 is 6.03 Å². The molecule has 0 bridgehead atoms. The highest BCUT2D eigenvalue weighted by molar-refractivity contribution is 6.08. The van der Waals surface area contributed by atoms with Gasteiger partial charge in [0.25, 0.3) is 5.91 Å². The molecule has 136 valence electrons. The molecule has 3 rings (SSSR count). The Morgan fingerprint density at radius 3 is 2.52 bits per heavy atom. The summed E-state index contributed by atoms with van der Waals surface area (Å²) >= 11 is 0. The molecule has 2 aliphatic rings. The number of carbonyl (C=O) groups is 3. The summed E-state index contributed by atoms with van der Waals surface area (Å²) < 4.78 is 1.71. The molecule has 2 fully saturated rings. The van der Waals surface area contributed by atoms with Gasteiger partial charge in [-0.05, 0) is 45.4 Å². The molecule has 2 N–H and O–H groups in total. The van der Waals surface area contributed by atoms with Crippen LogP contribution in [0.4, 0.5) is 4.79 Å². The van der Waals surface area contributed by atoms with Gasteiger partial charge in [-0.15, -0.1) is 0 Å². The van der Waals surface area contributed by atoms with E-state index in [1.54, 1.807) is 4.68 Å². The van der Waals surface area contributed by atoms with Gasteiger partial charge in [-0.2, -0.15) is 10.1 Å². The van der Waals surface area contributed by atoms with Crippen LogP contribution in [0.1, 0.15) is 49.6 Å². The van der Waals surface area contributed by atoms with Crippen LogP contribution in [-0.4, -0.2) is 38.2 Å². The van der Waals surface area contributed by atoms with Gasteiger partial charge in [0.1, 0.15) is 5.54 Å². The van der Waals surface area contributed by atoms with E-state index in [0.717, 1.165) is 34.8 Å². The minimum atomic E-state index is -0.850.